The SMILES string of the molecule is CCn1c2ccccc2c2cc(CN(CCCN3CCOCC3)C(=O)C(C)C)ccc21. The molecule has 0 atom stereocenters. The summed E-state index contributed by atoms with van der Waals surface area (Å²) < 4.78 is 7.81. The number of aromatic nitrogens is 1. The number of fused-ring (bicyclic) bond motifs is 3. The average Bonchev–Trinajstić information content (AvgIpc) is 3.11. The minimum absolute atomic E-state index is 0.00845. The van der Waals surface area contributed by atoms with Gasteiger partial charge in [0, 0.05) is 67.0 Å². The van der Waals surface area contributed by atoms with E-state index in [9.17, 15) is 4.79 Å². The number of morpholine rings is 1. The van der Waals surface area contributed by atoms with E-state index in [1.807, 2.05) is 18.7 Å². The second kappa shape index (κ2) is 9.84. The van der Waals surface area contributed by atoms with Gasteiger partial charge in [-0.05, 0) is 37.1 Å². The zero-order valence-electron chi connectivity index (χ0n) is 19.1. The molecule has 2 heterocycles. The molecule has 3 aromatic rings. The number of amides is 1. The predicted molar refractivity (Wildman–Crippen MR) is 127 cm³/mol. The predicted octanol–water partition coefficient (Wildman–Crippen LogP) is 4.52. The quantitative estimate of drug-likeness (QED) is 0.537. The highest BCUT2D eigenvalue weighted by atomic mass is 16.5. The van der Waals surface area contributed by atoms with Gasteiger partial charge >= 0.3 is 0 Å². The van der Waals surface area contributed by atoms with Crippen LogP contribution in [0.3, 0.4) is 0 Å². The molecule has 0 N–H and O–H groups in total. The van der Waals surface area contributed by atoms with E-state index in [-0.39, 0.29) is 11.8 Å². The van der Waals surface area contributed by atoms with Crippen molar-refractivity contribution in [3.05, 3.63) is 48.0 Å². The highest BCUT2D eigenvalue weighted by Crippen LogP contribution is 2.30. The lowest BCUT2D eigenvalue weighted by Crippen LogP contribution is -2.39. The lowest BCUT2D eigenvalue weighted by Gasteiger charge is -2.29. The maximum Gasteiger partial charge on any atom is 0.225 e. The summed E-state index contributed by atoms with van der Waals surface area (Å²) in [6.07, 6.45) is 0.996. The number of carbonyl (C=O) groups is 1. The number of hydrogen-bond acceptors (Lipinski definition) is 3. The minimum atomic E-state index is 0.00845. The third-order valence-corrected chi connectivity index (χ3v) is 6.34. The molecule has 0 radical (unpaired) electrons. The van der Waals surface area contributed by atoms with E-state index in [1.54, 1.807) is 0 Å². The van der Waals surface area contributed by atoms with E-state index < -0.39 is 0 Å². The molecular formula is C26H35N3O2. The fourth-order valence-electron chi connectivity index (χ4n) is 4.70. The summed E-state index contributed by atoms with van der Waals surface area (Å²) in [5.74, 6) is 0.243. The summed E-state index contributed by atoms with van der Waals surface area (Å²) in [6, 6.07) is 15.3. The summed E-state index contributed by atoms with van der Waals surface area (Å²) in [4.78, 5) is 17.4. The highest BCUT2D eigenvalue weighted by molar-refractivity contribution is 6.08. The van der Waals surface area contributed by atoms with Gasteiger partial charge in [0.15, 0.2) is 0 Å². The van der Waals surface area contributed by atoms with Crippen molar-refractivity contribution in [3.8, 4) is 0 Å². The third kappa shape index (κ3) is 4.78. The van der Waals surface area contributed by atoms with E-state index in [0.717, 1.165) is 52.4 Å². The van der Waals surface area contributed by atoms with Gasteiger partial charge in [-0.1, -0.05) is 38.1 Å². The van der Waals surface area contributed by atoms with Gasteiger partial charge in [-0.15, -0.1) is 0 Å². The standard InChI is InChI=1S/C26H35N3O2/c1-4-29-24-9-6-5-8-22(24)23-18-21(10-11-25(23)29)19-28(26(30)20(2)3)13-7-12-27-14-16-31-17-15-27/h5-6,8-11,18,20H,4,7,12-17,19H2,1-3H3. The van der Waals surface area contributed by atoms with Crippen molar-refractivity contribution in [3.63, 3.8) is 0 Å². The molecule has 1 aliphatic heterocycles. The molecule has 5 nitrogen and oxygen atoms in total. The number of para-hydroxylation sites is 1. The summed E-state index contributed by atoms with van der Waals surface area (Å²) in [7, 11) is 0. The number of carbonyl (C=O) groups excluding carboxylic acids is 1. The number of aryl methyl sites for hydroxylation is 1. The van der Waals surface area contributed by atoms with E-state index in [2.05, 4.69) is 58.9 Å². The molecule has 0 bridgehead atoms. The smallest absolute Gasteiger partial charge is 0.225 e. The maximum atomic E-state index is 12.9. The monoisotopic (exact) mass is 421 g/mol. The fraction of sp³-hybridized carbons (Fsp3) is 0.500. The van der Waals surface area contributed by atoms with Crippen LogP contribution in [-0.4, -0.2) is 59.7 Å². The molecule has 0 saturated carbocycles. The molecule has 1 saturated heterocycles. The third-order valence-electron chi connectivity index (χ3n) is 6.34. The second-order valence-corrected chi connectivity index (χ2v) is 8.83. The number of ether oxygens (including phenoxy) is 1. The fourth-order valence-corrected chi connectivity index (χ4v) is 4.70. The topological polar surface area (TPSA) is 37.7 Å². The second-order valence-electron chi connectivity index (χ2n) is 8.83. The van der Waals surface area contributed by atoms with Crippen molar-refractivity contribution in [2.75, 3.05) is 39.4 Å². The van der Waals surface area contributed by atoms with Crippen LogP contribution in [-0.2, 0) is 22.6 Å². The van der Waals surface area contributed by atoms with Crippen molar-refractivity contribution < 1.29 is 9.53 Å². The number of benzene rings is 2. The van der Waals surface area contributed by atoms with E-state index in [4.69, 9.17) is 4.74 Å². The van der Waals surface area contributed by atoms with Gasteiger partial charge in [0.05, 0.1) is 13.2 Å². The van der Waals surface area contributed by atoms with Crippen LogP contribution >= 0.6 is 0 Å². The van der Waals surface area contributed by atoms with Crippen molar-refractivity contribution in [1.82, 2.24) is 14.4 Å². The number of hydrogen-bond donors (Lipinski definition) is 0. The molecule has 1 fully saturated rings. The first-order valence-electron chi connectivity index (χ1n) is 11.7. The van der Waals surface area contributed by atoms with Crippen molar-refractivity contribution in [2.45, 2.75) is 40.3 Å². The summed E-state index contributed by atoms with van der Waals surface area (Å²) in [6.45, 7) is 13.2. The molecule has 1 aliphatic rings. The highest BCUT2D eigenvalue weighted by Gasteiger charge is 2.19. The van der Waals surface area contributed by atoms with E-state index in [1.165, 1.54) is 27.4 Å². The molecular weight excluding hydrogens is 386 g/mol. The van der Waals surface area contributed by atoms with Crippen LogP contribution < -0.4 is 0 Å². The summed E-state index contributed by atoms with van der Waals surface area (Å²) >= 11 is 0. The number of rotatable bonds is 8. The lowest BCUT2D eigenvalue weighted by atomic mass is 10.1. The molecule has 166 valence electrons. The van der Waals surface area contributed by atoms with Gasteiger partial charge in [-0.25, -0.2) is 0 Å². The van der Waals surface area contributed by atoms with Gasteiger partial charge in [0.1, 0.15) is 0 Å². The minimum Gasteiger partial charge on any atom is -0.379 e. The molecule has 31 heavy (non-hydrogen) atoms. The Bertz CT molecular complexity index is 1030. The summed E-state index contributed by atoms with van der Waals surface area (Å²) in [5.41, 5.74) is 3.74. The van der Waals surface area contributed by atoms with Crippen LogP contribution in [0.2, 0.25) is 0 Å². The molecule has 4 rings (SSSR count). The van der Waals surface area contributed by atoms with Gasteiger partial charge in [0.25, 0.3) is 0 Å². The van der Waals surface area contributed by atoms with E-state index >= 15 is 0 Å². The number of nitrogens with zero attached hydrogens (tertiary/aromatic N) is 3. The Morgan fingerprint density at radius 3 is 2.55 bits per heavy atom. The Labute approximate surface area is 185 Å². The molecule has 1 aromatic heterocycles. The average molecular weight is 422 g/mol. The Morgan fingerprint density at radius 1 is 1.06 bits per heavy atom. The Morgan fingerprint density at radius 2 is 1.81 bits per heavy atom. The van der Waals surface area contributed by atoms with Crippen LogP contribution in [0.4, 0.5) is 0 Å². The molecule has 0 spiro atoms. The van der Waals surface area contributed by atoms with E-state index in [0.29, 0.717) is 6.54 Å². The Hall–Kier alpha value is -2.37. The first-order valence-corrected chi connectivity index (χ1v) is 11.7. The van der Waals surface area contributed by atoms with Crippen LogP contribution in [0.25, 0.3) is 21.8 Å². The summed E-state index contributed by atoms with van der Waals surface area (Å²) in [5, 5.41) is 2.57. The Balaban J connectivity index is 1.54. The van der Waals surface area contributed by atoms with Gasteiger partial charge < -0.3 is 14.2 Å². The molecule has 5 heteroatoms. The lowest BCUT2D eigenvalue weighted by molar-refractivity contribution is -0.135. The molecule has 1 amide bonds. The van der Waals surface area contributed by atoms with Crippen LogP contribution in [0.15, 0.2) is 42.5 Å². The Kier molecular flexibility index (Phi) is 6.93. The molecule has 2 aromatic carbocycles. The maximum absolute atomic E-state index is 12.9. The molecule has 0 aliphatic carbocycles. The van der Waals surface area contributed by atoms with Crippen molar-refractivity contribution in [2.24, 2.45) is 5.92 Å². The first-order chi connectivity index (χ1) is 15.1. The van der Waals surface area contributed by atoms with Crippen LogP contribution in [0, 0.1) is 5.92 Å². The van der Waals surface area contributed by atoms with Crippen LogP contribution in [0.5, 0.6) is 0 Å². The zero-order chi connectivity index (χ0) is 21.8. The largest absolute Gasteiger partial charge is 0.379 e. The first kappa shape index (κ1) is 21.8. The normalized spacial score (nSPS) is 15.2. The van der Waals surface area contributed by atoms with Crippen molar-refractivity contribution >= 4 is 27.7 Å². The van der Waals surface area contributed by atoms with Gasteiger partial charge in [-0.2, -0.15) is 0 Å². The molecule has 0 unspecified atom stereocenters. The zero-order valence-corrected chi connectivity index (χ0v) is 19.1. The van der Waals surface area contributed by atoms with Gasteiger partial charge in [-0.3, -0.25) is 9.69 Å². The van der Waals surface area contributed by atoms with Crippen molar-refractivity contribution in [1.29, 1.82) is 0 Å². The van der Waals surface area contributed by atoms with Crippen LogP contribution in [0.1, 0.15) is 32.8 Å². The van der Waals surface area contributed by atoms with Gasteiger partial charge in [0.2, 0.25) is 5.91 Å².